The Morgan fingerprint density at radius 3 is 2.83 bits per heavy atom. The molecule has 0 atom stereocenters. The van der Waals surface area contributed by atoms with Gasteiger partial charge in [-0.2, -0.15) is 0 Å². The largest absolute Gasteiger partial charge is 0.431 e. The topological polar surface area (TPSA) is 59.2 Å². The Balaban J connectivity index is 1.67. The minimum absolute atomic E-state index is 0.00941. The summed E-state index contributed by atoms with van der Waals surface area (Å²) in [7, 11) is 0. The van der Waals surface area contributed by atoms with E-state index in [0.717, 1.165) is 21.7 Å². The first-order valence-electron chi connectivity index (χ1n) is 7.84. The van der Waals surface area contributed by atoms with Crippen LogP contribution in [0.3, 0.4) is 0 Å². The van der Waals surface area contributed by atoms with Gasteiger partial charge in [-0.15, -0.1) is 11.3 Å². The molecule has 24 heavy (non-hydrogen) atoms. The van der Waals surface area contributed by atoms with Crippen molar-refractivity contribution in [3.8, 4) is 0 Å². The van der Waals surface area contributed by atoms with Crippen LogP contribution in [0.15, 0.2) is 33.2 Å². The summed E-state index contributed by atoms with van der Waals surface area (Å²) in [6.45, 7) is 7.36. The molecule has 0 spiro atoms. The second kappa shape index (κ2) is 7.36. The molecule has 0 radical (unpaired) electrons. The lowest BCUT2D eigenvalue weighted by Crippen LogP contribution is -2.30. The predicted molar refractivity (Wildman–Crippen MR) is 97.7 cm³/mol. The number of rotatable bonds is 6. The summed E-state index contributed by atoms with van der Waals surface area (Å²) >= 11 is 2.99. The normalized spacial score (nSPS) is 11.1. The first-order valence-corrected chi connectivity index (χ1v) is 9.71. The van der Waals surface area contributed by atoms with Crippen molar-refractivity contribution in [2.24, 2.45) is 0 Å². The van der Waals surface area contributed by atoms with Crippen LogP contribution in [0, 0.1) is 6.92 Å². The van der Waals surface area contributed by atoms with Crippen LogP contribution in [-0.4, -0.2) is 33.9 Å². The van der Waals surface area contributed by atoms with Gasteiger partial charge >= 0.3 is 0 Å². The second-order valence-electron chi connectivity index (χ2n) is 5.34. The zero-order chi connectivity index (χ0) is 17.1. The van der Waals surface area contributed by atoms with Gasteiger partial charge in [-0.25, -0.2) is 9.97 Å². The van der Waals surface area contributed by atoms with Gasteiger partial charge in [-0.1, -0.05) is 17.8 Å². The maximum atomic E-state index is 12.3. The van der Waals surface area contributed by atoms with E-state index in [4.69, 9.17) is 4.42 Å². The van der Waals surface area contributed by atoms with Gasteiger partial charge in [0.1, 0.15) is 16.2 Å². The summed E-state index contributed by atoms with van der Waals surface area (Å²) in [5.74, 6) is 0.631. The Labute approximate surface area is 149 Å². The van der Waals surface area contributed by atoms with E-state index in [0.29, 0.717) is 29.8 Å². The fraction of sp³-hybridized carbons (Fsp3) is 0.353. The van der Waals surface area contributed by atoms with Crippen molar-refractivity contribution >= 4 is 40.1 Å². The average molecular weight is 361 g/mol. The van der Waals surface area contributed by atoms with Gasteiger partial charge in [0.15, 0.2) is 5.58 Å². The molecule has 0 aliphatic carbocycles. The number of hydrogen-bond acceptors (Lipinski definition) is 6. The molecular formula is C17H19N3O2S2. The predicted octanol–water partition coefficient (Wildman–Crippen LogP) is 4.37. The number of oxazole rings is 1. The maximum Gasteiger partial charge on any atom is 0.273 e. The van der Waals surface area contributed by atoms with Gasteiger partial charge in [0.25, 0.3) is 11.1 Å². The van der Waals surface area contributed by atoms with E-state index >= 15 is 0 Å². The summed E-state index contributed by atoms with van der Waals surface area (Å²) in [4.78, 5) is 23.0. The first-order chi connectivity index (χ1) is 11.6. The second-order valence-corrected chi connectivity index (χ2v) is 7.21. The third-order valence-electron chi connectivity index (χ3n) is 3.66. The van der Waals surface area contributed by atoms with Crippen LogP contribution in [0.5, 0.6) is 0 Å². The molecular weight excluding hydrogens is 342 g/mol. The van der Waals surface area contributed by atoms with Crippen LogP contribution in [0.4, 0.5) is 0 Å². The molecule has 2 heterocycles. The monoisotopic (exact) mass is 361 g/mol. The summed E-state index contributed by atoms with van der Waals surface area (Å²) < 4.78 is 5.73. The zero-order valence-electron chi connectivity index (χ0n) is 13.9. The molecule has 2 aromatic heterocycles. The van der Waals surface area contributed by atoms with E-state index in [1.807, 2.05) is 44.4 Å². The van der Waals surface area contributed by atoms with Crippen LogP contribution >= 0.6 is 23.1 Å². The maximum absolute atomic E-state index is 12.3. The molecule has 0 saturated heterocycles. The van der Waals surface area contributed by atoms with E-state index in [1.165, 1.54) is 23.1 Å². The molecule has 3 rings (SSSR count). The van der Waals surface area contributed by atoms with E-state index in [2.05, 4.69) is 9.97 Å². The van der Waals surface area contributed by atoms with Crippen LogP contribution in [0.25, 0.3) is 11.1 Å². The number of carbonyl (C=O) groups excluding carboxylic acids is 1. The van der Waals surface area contributed by atoms with Gasteiger partial charge in [0.05, 0.1) is 5.75 Å². The minimum Gasteiger partial charge on any atom is -0.431 e. The number of thiazole rings is 1. The van der Waals surface area contributed by atoms with Crippen molar-refractivity contribution in [1.82, 2.24) is 14.9 Å². The quantitative estimate of drug-likeness (QED) is 0.610. The lowest BCUT2D eigenvalue weighted by atomic mass is 10.2. The highest BCUT2D eigenvalue weighted by atomic mass is 32.2. The fourth-order valence-corrected chi connectivity index (χ4v) is 3.97. The van der Waals surface area contributed by atoms with E-state index < -0.39 is 0 Å². The van der Waals surface area contributed by atoms with Crippen molar-refractivity contribution in [3.63, 3.8) is 0 Å². The van der Waals surface area contributed by atoms with Crippen LogP contribution in [0.1, 0.15) is 34.9 Å². The fourth-order valence-electron chi connectivity index (χ4n) is 2.35. The van der Waals surface area contributed by atoms with Crippen molar-refractivity contribution in [3.05, 3.63) is 39.8 Å². The first kappa shape index (κ1) is 17.0. The Morgan fingerprint density at radius 2 is 2.08 bits per heavy atom. The molecule has 126 valence electrons. The summed E-state index contributed by atoms with van der Waals surface area (Å²) in [5, 5.41) is 3.35. The smallest absolute Gasteiger partial charge is 0.273 e. The number of fused-ring (bicyclic) bond motifs is 1. The Hall–Kier alpha value is -1.86. The minimum atomic E-state index is -0.00941. The highest BCUT2D eigenvalue weighted by Gasteiger charge is 2.16. The van der Waals surface area contributed by atoms with Crippen LogP contribution in [0.2, 0.25) is 0 Å². The van der Waals surface area contributed by atoms with Crippen molar-refractivity contribution in [1.29, 1.82) is 0 Å². The molecule has 7 heteroatoms. The number of aromatic nitrogens is 2. The highest BCUT2D eigenvalue weighted by molar-refractivity contribution is 7.98. The van der Waals surface area contributed by atoms with Gasteiger partial charge in [0, 0.05) is 18.5 Å². The number of thioether (sulfide) groups is 1. The third-order valence-corrected chi connectivity index (χ3v) is 5.53. The van der Waals surface area contributed by atoms with Crippen LogP contribution < -0.4 is 0 Å². The molecule has 0 aliphatic rings. The summed E-state index contributed by atoms with van der Waals surface area (Å²) in [6.07, 6.45) is 0. The lowest BCUT2D eigenvalue weighted by molar-refractivity contribution is 0.0768. The molecule has 3 aromatic rings. The van der Waals surface area contributed by atoms with Gasteiger partial charge < -0.3 is 9.32 Å². The Morgan fingerprint density at radius 1 is 1.29 bits per heavy atom. The zero-order valence-corrected chi connectivity index (χ0v) is 15.5. The average Bonchev–Trinajstić information content (AvgIpc) is 3.20. The Kier molecular flexibility index (Phi) is 5.20. The number of hydrogen-bond donors (Lipinski definition) is 0. The van der Waals surface area contributed by atoms with Gasteiger partial charge in [-0.3, -0.25) is 4.79 Å². The highest BCUT2D eigenvalue weighted by Crippen LogP contribution is 2.27. The Bertz CT molecular complexity index is 853. The summed E-state index contributed by atoms with van der Waals surface area (Å²) in [6, 6.07) is 5.95. The van der Waals surface area contributed by atoms with Crippen LogP contribution in [-0.2, 0) is 5.75 Å². The van der Waals surface area contributed by atoms with Crippen molar-refractivity contribution < 1.29 is 9.21 Å². The molecule has 0 unspecified atom stereocenters. The molecule has 0 fully saturated rings. The van der Waals surface area contributed by atoms with Crippen molar-refractivity contribution in [2.45, 2.75) is 31.7 Å². The number of nitrogens with zero attached hydrogens (tertiary/aromatic N) is 3. The molecule has 1 aromatic carbocycles. The van der Waals surface area contributed by atoms with Gasteiger partial charge in [-0.05, 0) is 38.5 Å². The number of benzene rings is 1. The number of carbonyl (C=O) groups is 1. The molecule has 0 N–H and O–H groups in total. The SMILES string of the molecule is CCN(CC)C(=O)c1csc(CSc2nc3cc(C)ccc3o2)n1. The van der Waals surface area contributed by atoms with E-state index in [-0.39, 0.29) is 5.91 Å². The number of amides is 1. The molecule has 5 nitrogen and oxygen atoms in total. The van der Waals surface area contributed by atoms with E-state index in [9.17, 15) is 4.79 Å². The molecule has 1 amide bonds. The van der Waals surface area contributed by atoms with Gasteiger partial charge in [0.2, 0.25) is 0 Å². The van der Waals surface area contributed by atoms with E-state index in [1.54, 1.807) is 4.90 Å². The molecule has 0 bridgehead atoms. The van der Waals surface area contributed by atoms with Crippen molar-refractivity contribution in [2.75, 3.05) is 13.1 Å². The molecule has 0 aliphatic heterocycles. The summed E-state index contributed by atoms with van der Waals surface area (Å²) in [5.41, 5.74) is 3.34. The number of aryl methyl sites for hydroxylation is 1. The molecule has 0 saturated carbocycles. The standard InChI is InChI=1S/C17H19N3O2S2/c1-4-20(5-2)16(21)13-9-23-15(18-13)10-24-17-19-12-8-11(3)6-7-14(12)22-17/h6-9H,4-5,10H2,1-3H3. The third kappa shape index (κ3) is 3.62. The lowest BCUT2D eigenvalue weighted by Gasteiger charge is -2.16.